The monoisotopic (exact) mass is 548 g/mol. The molecule has 0 aliphatic heterocycles. The van der Waals surface area contributed by atoms with Crippen LogP contribution in [0.1, 0.15) is 31.5 Å². The number of aromatic nitrogens is 2. The maximum Gasteiger partial charge on any atom is 0.326 e. The van der Waals surface area contributed by atoms with Crippen molar-refractivity contribution in [2.45, 2.75) is 57.3 Å². The molecule has 0 spiro atoms. The van der Waals surface area contributed by atoms with Gasteiger partial charge in [0.05, 0.1) is 12.4 Å². The van der Waals surface area contributed by atoms with Crippen molar-refractivity contribution in [2.75, 3.05) is 12.0 Å². The van der Waals surface area contributed by atoms with E-state index in [0.717, 1.165) is 5.56 Å². The van der Waals surface area contributed by atoms with E-state index in [1.54, 1.807) is 26.0 Å². The Hall–Kier alpha value is -3.58. The summed E-state index contributed by atoms with van der Waals surface area (Å²) in [7, 11) is 0. The first-order valence-corrected chi connectivity index (χ1v) is 13.5. The van der Waals surface area contributed by atoms with Gasteiger partial charge in [-0.1, -0.05) is 26.0 Å². The number of phenols is 1. The smallest absolute Gasteiger partial charge is 0.326 e. The number of aromatic amines is 1. The number of phenolic OH excluding ortho intramolecular Hbond substituents is 1. The normalized spacial score (nSPS) is 14.2. The third-order valence-corrected chi connectivity index (χ3v) is 6.46. The fourth-order valence-corrected chi connectivity index (χ4v) is 4.10. The lowest BCUT2D eigenvalue weighted by Crippen LogP contribution is -2.58. The van der Waals surface area contributed by atoms with Crippen LogP contribution in [0, 0.1) is 5.92 Å². The molecule has 1 aromatic heterocycles. The lowest BCUT2D eigenvalue weighted by Gasteiger charge is -2.27. The van der Waals surface area contributed by atoms with Gasteiger partial charge in [0.15, 0.2) is 0 Å². The first-order valence-electron chi connectivity index (χ1n) is 12.1. The van der Waals surface area contributed by atoms with Crippen molar-refractivity contribution in [3.63, 3.8) is 0 Å². The third-order valence-electron chi connectivity index (χ3n) is 5.81. The molecule has 0 aliphatic rings. The van der Waals surface area contributed by atoms with Crippen molar-refractivity contribution >= 4 is 35.5 Å². The number of H-pyrrole nitrogens is 1. The number of rotatable bonds is 15. The van der Waals surface area contributed by atoms with E-state index in [9.17, 15) is 29.4 Å². The molecule has 12 nitrogen and oxygen atoms in total. The van der Waals surface area contributed by atoms with E-state index in [-0.39, 0.29) is 30.9 Å². The maximum absolute atomic E-state index is 13.2. The molecular weight excluding hydrogens is 512 g/mol. The molecule has 4 unspecified atom stereocenters. The minimum absolute atomic E-state index is 0.00609. The zero-order valence-electron chi connectivity index (χ0n) is 21.6. The van der Waals surface area contributed by atoms with Gasteiger partial charge in [0.2, 0.25) is 17.7 Å². The average Bonchev–Trinajstić information content (AvgIpc) is 3.38. The molecular formula is C25H36N6O6S. The Kier molecular flexibility index (Phi) is 12.1. The van der Waals surface area contributed by atoms with Gasteiger partial charge in [0.1, 0.15) is 23.9 Å². The fourth-order valence-electron chi connectivity index (χ4n) is 3.63. The molecule has 1 heterocycles. The first-order chi connectivity index (χ1) is 18.0. The van der Waals surface area contributed by atoms with E-state index < -0.39 is 47.9 Å². The molecule has 2 aromatic rings. The third kappa shape index (κ3) is 9.71. The van der Waals surface area contributed by atoms with Crippen LogP contribution in [-0.2, 0) is 32.0 Å². The van der Waals surface area contributed by atoms with E-state index >= 15 is 0 Å². The Morgan fingerprint density at radius 1 is 1.00 bits per heavy atom. The number of nitrogens with two attached hydrogens (primary N) is 1. The predicted molar refractivity (Wildman–Crippen MR) is 143 cm³/mol. The first kappa shape index (κ1) is 30.6. The number of carboxylic acid groups (broad SMARTS) is 1. The highest BCUT2D eigenvalue weighted by Crippen LogP contribution is 2.12. The highest BCUT2D eigenvalue weighted by molar-refractivity contribution is 7.98. The molecule has 0 fully saturated rings. The average molecular weight is 549 g/mol. The van der Waals surface area contributed by atoms with Gasteiger partial charge >= 0.3 is 5.97 Å². The largest absolute Gasteiger partial charge is 0.508 e. The summed E-state index contributed by atoms with van der Waals surface area (Å²) in [6.45, 7) is 3.50. The van der Waals surface area contributed by atoms with Crippen molar-refractivity contribution in [3.05, 3.63) is 48.0 Å². The van der Waals surface area contributed by atoms with Crippen LogP contribution >= 0.6 is 11.8 Å². The Labute approximate surface area is 225 Å². The number of nitrogens with one attached hydrogen (secondary N) is 4. The summed E-state index contributed by atoms with van der Waals surface area (Å²) in [5, 5.41) is 26.8. The van der Waals surface area contributed by atoms with E-state index in [1.165, 1.54) is 36.4 Å². The Bertz CT molecular complexity index is 1060. The van der Waals surface area contributed by atoms with Crippen LogP contribution in [0.25, 0.3) is 0 Å². The summed E-state index contributed by atoms with van der Waals surface area (Å²) in [4.78, 5) is 57.4. The van der Waals surface area contributed by atoms with Gasteiger partial charge < -0.3 is 36.9 Å². The lowest BCUT2D eigenvalue weighted by molar-refractivity contribution is -0.142. The fraction of sp³-hybridized carbons (Fsp3) is 0.480. The molecule has 0 saturated carbocycles. The highest BCUT2D eigenvalue weighted by atomic mass is 32.2. The number of carboxylic acids is 1. The molecule has 1 aromatic carbocycles. The number of hydrogen-bond donors (Lipinski definition) is 7. The van der Waals surface area contributed by atoms with Crippen LogP contribution in [0.3, 0.4) is 0 Å². The zero-order valence-corrected chi connectivity index (χ0v) is 22.5. The van der Waals surface area contributed by atoms with Crippen LogP contribution in [0.2, 0.25) is 0 Å². The summed E-state index contributed by atoms with van der Waals surface area (Å²) in [6, 6.07) is 2.14. The van der Waals surface area contributed by atoms with Crippen molar-refractivity contribution in [2.24, 2.45) is 11.7 Å². The number of aromatic hydroxyl groups is 1. The number of thioether (sulfide) groups is 1. The van der Waals surface area contributed by atoms with Gasteiger partial charge in [0, 0.05) is 18.3 Å². The van der Waals surface area contributed by atoms with Crippen molar-refractivity contribution in [3.8, 4) is 5.75 Å². The molecule has 13 heteroatoms. The Morgan fingerprint density at radius 3 is 2.21 bits per heavy atom. The topological polar surface area (TPSA) is 200 Å². The number of carbonyl (C=O) groups is 4. The molecule has 0 radical (unpaired) electrons. The van der Waals surface area contributed by atoms with Crippen molar-refractivity contribution in [1.29, 1.82) is 0 Å². The van der Waals surface area contributed by atoms with Crippen molar-refractivity contribution in [1.82, 2.24) is 25.9 Å². The van der Waals surface area contributed by atoms with Gasteiger partial charge in [-0.25, -0.2) is 9.78 Å². The molecule has 8 N–H and O–H groups in total. The number of benzene rings is 1. The van der Waals surface area contributed by atoms with Gasteiger partial charge in [-0.05, 0) is 48.5 Å². The predicted octanol–water partition coefficient (Wildman–Crippen LogP) is 0.176. The number of imidazole rings is 1. The van der Waals surface area contributed by atoms with Gasteiger partial charge in [0.25, 0.3) is 0 Å². The van der Waals surface area contributed by atoms with Crippen LogP contribution in [0.5, 0.6) is 5.75 Å². The quantitative estimate of drug-likeness (QED) is 0.162. The second-order valence-corrected chi connectivity index (χ2v) is 10.2. The summed E-state index contributed by atoms with van der Waals surface area (Å²) in [5.41, 5.74) is 7.33. The maximum atomic E-state index is 13.2. The SMILES string of the molecule is CSCCC(NC(=O)C(NC(=O)C(N)Cc1ccc(O)cc1)C(C)C)C(=O)NC(Cc1cnc[nH]1)C(=O)O. The highest BCUT2D eigenvalue weighted by Gasteiger charge is 2.31. The molecule has 2 rings (SSSR count). The Morgan fingerprint density at radius 2 is 1.66 bits per heavy atom. The van der Waals surface area contributed by atoms with E-state index in [2.05, 4.69) is 25.9 Å². The number of nitrogens with zero attached hydrogens (tertiary/aromatic N) is 1. The Balaban J connectivity index is 2.07. The minimum Gasteiger partial charge on any atom is -0.508 e. The summed E-state index contributed by atoms with van der Waals surface area (Å²) < 4.78 is 0. The minimum atomic E-state index is -1.23. The molecule has 0 saturated heterocycles. The molecule has 208 valence electrons. The zero-order chi connectivity index (χ0) is 28.2. The number of aliphatic carboxylic acids is 1. The van der Waals surface area contributed by atoms with Gasteiger partial charge in [-0.3, -0.25) is 14.4 Å². The van der Waals surface area contributed by atoms with E-state index in [4.69, 9.17) is 5.73 Å². The number of carbonyl (C=O) groups excluding carboxylic acids is 3. The van der Waals surface area contributed by atoms with Gasteiger partial charge in [-0.15, -0.1) is 0 Å². The number of amides is 3. The van der Waals surface area contributed by atoms with E-state index in [1.807, 2.05) is 6.26 Å². The standard InChI is InChI=1S/C25H36N6O6S/c1-14(2)21(31-22(33)18(26)10-15-4-6-17(32)7-5-15)24(35)29-19(8-9-38-3)23(34)30-20(25(36)37)11-16-12-27-13-28-16/h4-7,12-14,18-21,32H,8-11,26H2,1-3H3,(H,27,28)(H,29,35)(H,30,34)(H,31,33)(H,36,37). The van der Waals surface area contributed by atoms with Crippen LogP contribution < -0.4 is 21.7 Å². The van der Waals surface area contributed by atoms with Gasteiger partial charge in [-0.2, -0.15) is 11.8 Å². The van der Waals surface area contributed by atoms with Crippen LogP contribution in [0.4, 0.5) is 0 Å². The summed E-state index contributed by atoms with van der Waals surface area (Å²) in [5.74, 6) is -2.67. The molecule has 4 atom stereocenters. The second kappa shape index (κ2) is 15.0. The van der Waals surface area contributed by atoms with E-state index in [0.29, 0.717) is 11.4 Å². The molecule has 3 amide bonds. The molecule has 0 bridgehead atoms. The second-order valence-electron chi connectivity index (χ2n) is 9.23. The van der Waals surface area contributed by atoms with Crippen LogP contribution in [0.15, 0.2) is 36.8 Å². The number of hydrogen-bond acceptors (Lipinski definition) is 8. The summed E-state index contributed by atoms with van der Waals surface area (Å²) in [6.07, 6.45) is 5.18. The molecule has 0 aliphatic carbocycles. The summed E-state index contributed by atoms with van der Waals surface area (Å²) >= 11 is 1.47. The van der Waals surface area contributed by atoms with Crippen molar-refractivity contribution < 1.29 is 29.4 Å². The van der Waals surface area contributed by atoms with Crippen LogP contribution in [-0.4, -0.2) is 80.0 Å². The lowest BCUT2D eigenvalue weighted by atomic mass is 10.0. The molecule has 38 heavy (non-hydrogen) atoms.